The maximum atomic E-state index is 13.7. The Balaban J connectivity index is 2.35. The highest BCUT2D eigenvalue weighted by Gasteiger charge is 2.14. The highest BCUT2D eigenvalue weighted by molar-refractivity contribution is 8.01. The molecule has 0 aliphatic rings. The topological polar surface area (TPSA) is 38.9 Å². The molecule has 0 amide bonds. The summed E-state index contributed by atoms with van der Waals surface area (Å²) in [5.41, 5.74) is 7.35. The maximum Gasteiger partial charge on any atom is 0.154 e. The smallest absolute Gasteiger partial charge is 0.154 e. The normalized spacial score (nSPS) is 12.7. The van der Waals surface area contributed by atoms with Gasteiger partial charge in [-0.2, -0.15) is 0 Å². The summed E-state index contributed by atoms with van der Waals surface area (Å²) in [6.07, 6.45) is 0. The van der Waals surface area contributed by atoms with Crippen molar-refractivity contribution in [2.75, 3.05) is 0 Å². The molecule has 1 unspecified atom stereocenters. The molecule has 0 bridgehead atoms. The van der Waals surface area contributed by atoms with E-state index in [1.54, 1.807) is 24.3 Å². The van der Waals surface area contributed by atoms with Crippen LogP contribution in [0.1, 0.15) is 24.2 Å². The highest BCUT2D eigenvalue weighted by atomic mass is 32.2. The van der Waals surface area contributed by atoms with Crippen LogP contribution in [0.2, 0.25) is 0 Å². The van der Waals surface area contributed by atoms with Gasteiger partial charge in [-0.15, -0.1) is 11.3 Å². The fraction of sp³-hybridized carbons (Fsp3) is 0.250. The molecule has 0 fully saturated rings. The number of halogens is 1. The fourth-order valence-corrected chi connectivity index (χ4v) is 3.57. The summed E-state index contributed by atoms with van der Waals surface area (Å²) in [7, 11) is 0. The number of rotatable bonds is 3. The number of benzene rings is 1. The summed E-state index contributed by atoms with van der Waals surface area (Å²) < 4.78 is 14.6. The predicted octanol–water partition coefficient (Wildman–Crippen LogP) is 3.76. The highest BCUT2D eigenvalue weighted by Crippen LogP contribution is 2.35. The summed E-state index contributed by atoms with van der Waals surface area (Å²) in [6, 6.07) is 4.70. The van der Waals surface area contributed by atoms with Crippen LogP contribution in [0.15, 0.2) is 32.8 Å². The molecule has 0 radical (unpaired) electrons. The molecule has 0 saturated carbocycles. The van der Waals surface area contributed by atoms with E-state index in [1.165, 1.54) is 17.8 Å². The van der Waals surface area contributed by atoms with Gasteiger partial charge in [0, 0.05) is 27.6 Å². The Labute approximate surface area is 108 Å². The Bertz CT molecular complexity index is 523. The van der Waals surface area contributed by atoms with Crippen molar-refractivity contribution < 1.29 is 4.39 Å². The van der Waals surface area contributed by atoms with Gasteiger partial charge in [0.25, 0.3) is 0 Å². The van der Waals surface area contributed by atoms with E-state index in [0.29, 0.717) is 5.56 Å². The van der Waals surface area contributed by atoms with Crippen LogP contribution >= 0.6 is 23.1 Å². The lowest BCUT2D eigenvalue weighted by Gasteiger charge is -2.12. The van der Waals surface area contributed by atoms with Crippen molar-refractivity contribution in [3.05, 3.63) is 40.7 Å². The molecule has 1 heterocycles. The standard InChI is InChI=1S/C12H13FN2S2/c1-7-6-16-12(15-7)17-10-5-3-4-9(13)11(10)8(2)14/h3-6,8H,14H2,1-2H3. The van der Waals surface area contributed by atoms with Crippen LogP contribution < -0.4 is 5.73 Å². The number of nitrogens with two attached hydrogens (primary N) is 1. The Morgan fingerprint density at radius 1 is 1.47 bits per heavy atom. The largest absolute Gasteiger partial charge is 0.324 e. The van der Waals surface area contributed by atoms with Gasteiger partial charge in [0.1, 0.15) is 5.82 Å². The minimum absolute atomic E-state index is 0.252. The Morgan fingerprint density at radius 2 is 2.24 bits per heavy atom. The lowest BCUT2D eigenvalue weighted by Crippen LogP contribution is -2.08. The van der Waals surface area contributed by atoms with E-state index < -0.39 is 0 Å². The second-order valence-corrected chi connectivity index (χ2v) is 5.94. The van der Waals surface area contributed by atoms with Crippen LogP contribution in [-0.4, -0.2) is 4.98 Å². The van der Waals surface area contributed by atoms with E-state index in [-0.39, 0.29) is 11.9 Å². The molecule has 1 atom stereocenters. The maximum absolute atomic E-state index is 13.7. The molecule has 2 N–H and O–H groups in total. The molecule has 17 heavy (non-hydrogen) atoms. The van der Waals surface area contributed by atoms with Gasteiger partial charge in [-0.25, -0.2) is 9.37 Å². The number of nitrogens with zero attached hydrogens (tertiary/aromatic N) is 1. The SMILES string of the molecule is Cc1csc(Sc2cccc(F)c2C(C)N)n1. The molecular formula is C12H13FN2S2. The molecule has 0 spiro atoms. The van der Waals surface area contributed by atoms with E-state index >= 15 is 0 Å². The first-order valence-electron chi connectivity index (χ1n) is 5.22. The first-order chi connectivity index (χ1) is 8.08. The van der Waals surface area contributed by atoms with Crippen molar-refractivity contribution in [1.29, 1.82) is 0 Å². The number of aromatic nitrogens is 1. The Morgan fingerprint density at radius 3 is 2.82 bits per heavy atom. The number of aryl methyl sites for hydroxylation is 1. The molecule has 0 aliphatic carbocycles. The van der Waals surface area contributed by atoms with Gasteiger partial charge in [-0.1, -0.05) is 17.8 Å². The lowest BCUT2D eigenvalue weighted by molar-refractivity contribution is 0.585. The van der Waals surface area contributed by atoms with Gasteiger partial charge in [0.05, 0.1) is 0 Å². The monoisotopic (exact) mass is 268 g/mol. The summed E-state index contributed by atoms with van der Waals surface area (Å²) in [6.45, 7) is 3.73. The van der Waals surface area contributed by atoms with E-state index in [2.05, 4.69) is 4.98 Å². The van der Waals surface area contributed by atoms with Gasteiger partial charge >= 0.3 is 0 Å². The summed E-state index contributed by atoms with van der Waals surface area (Å²) in [4.78, 5) is 5.20. The number of hydrogen-bond donors (Lipinski definition) is 1. The number of thiazole rings is 1. The third-order valence-electron chi connectivity index (χ3n) is 2.26. The number of hydrogen-bond acceptors (Lipinski definition) is 4. The Kier molecular flexibility index (Phi) is 3.81. The average Bonchev–Trinajstić information content (AvgIpc) is 2.63. The lowest BCUT2D eigenvalue weighted by atomic mass is 10.1. The van der Waals surface area contributed by atoms with E-state index in [1.807, 2.05) is 18.4 Å². The van der Waals surface area contributed by atoms with Gasteiger partial charge < -0.3 is 5.73 Å². The predicted molar refractivity (Wildman–Crippen MR) is 70.0 cm³/mol. The van der Waals surface area contributed by atoms with Crippen LogP contribution in [0.25, 0.3) is 0 Å². The van der Waals surface area contributed by atoms with Gasteiger partial charge in [0.2, 0.25) is 0 Å². The van der Waals surface area contributed by atoms with Crippen LogP contribution in [-0.2, 0) is 0 Å². The summed E-state index contributed by atoms with van der Waals surface area (Å²) in [5.74, 6) is -0.252. The second kappa shape index (κ2) is 5.16. The summed E-state index contributed by atoms with van der Waals surface area (Å²) >= 11 is 3.02. The third kappa shape index (κ3) is 2.86. The quantitative estimate of drug-likeness (QED) is 0.921. The second-order valence-electron chi connectivity index (χ2n) is 3.80. The van der Waals surface area contributed by atoms with E-state index in [0.717, 1.165) is 14.9 Å². The molecule has 1 aromatic carbocycles. The van der Waals surface area contributed by atoms with Gasteiger partial charge in [-0.3, -0.25) is 0 Å². The third-order valence-corrected chi connectivity index (χ3v) is 4.40. The van der Waals surface area contributed by atoms with Gasteiger partial charge in [-0.05, 0) is 26.0 Å². The van der Waals surface area contributed by atoms with Crippen LogP contribution in [0.5, 0.6) is 0 Å². The molecule has 1 aromatic heterocycles. The minimum Gasteiger partial charge on any atom is -0.324 e. The van der Waals surface area contributed by atoms with E-state index in [9.17, 15) is 4.39 Å². The molecule has 90 valence electrons. The van der Waals surface area contributed by atoms with Crippen LogP contribution in [0, 0.1) is 12.7 Å². The average molecular weight is 268 g/mol. The Hall–Kier alpha value is -0.910. The molecule has 2 rings (SSSR count). The van der Waals surface area contributed by atoms with Crippen molar-refractivity contribution in [3.8, 4) is 0 Å². The van der Waals surface area contributed by atoms with Crippen molar-refractivity contribution >= 4 is 23.1 Å². The molecular weight excluding hydrogens is 255 g/mol. The van der Waals surface area contributed by atoms with Crippen molar-refractivity contribution in [1.82, 2.24) is 4.98 Å². The van der Waals surface area contributed by atoms with Crippen LogP contribution in [0.4, 0.5) is 4.39 Å². The summed E-state index contributed by atoms with van der Waals surface area (Å²) in [5, 5.41) is 1.98. The van der Waals surface area contributed by atoms with Crippen molar-refractivity contribution in [3.63, 3.8) is 0 Å². The first kappa shape index (κ1) is 12.5. The zero-order valence-electron chi connectivity index (χ0n) is 9.61. The van der Waals surface area contributed by atoms with Gasteiger partial charge in [0.15, 0.2) is 4.34 Å². The first-order valence-corrected chi connectivity index (χ1v) is 6.91. The zero-order chi connectivity index (χ0) is 12.4. The molecule has 0 aliphatic heterocycles. The molecule has 2 nitrogen and oxygen atoms in total. The van der Waals surface area contributed by atoms with E-state index in [4.69, 9.17) is 5.73 Å². The zero-order valence-corrected chi connectivity index (χ0v) is 11.2. The molecule has 5 heteroatoms. The van der Waals surface area contributed by atoms with Crippen molar-refractivity contribution in [2.45, 2.75) is 29.1 Å². The molecule has 2 aromatic rings. The van der Waals surface area contributed by atoms with Crippen LogP contribution in [0.3, 0.4) is 0 Å². The molecule has 0 saturated heterocycles. The minimum atomic E-state index is -0.320. The fourth-order valence-electron chi connectivity index (χ4n) is 1.52. The van der Waals surface area contributed by atoms with Crippen molar-refractivity contribution in [2.24, 2.45) is 5.73 Å².